The van der Waals surface area contributed by atoms with Crippen molar-refractivity contribution in [1.29, 1.82) is 0 Å². The molecule has 1 rings (SSSR count). The molecule has 0 spiro atoms. The highest BCUT2D eigenvalue weighted by atomic mass is 32.2. The number of allylic oxidation sites excluding steroid dienone is 3. The Morgan fingerprint density at radius 1 is 1.36 bits per heavy atom. The van der Waals surface area contributed by atoms with Gasteiger partial charge in [-0.3, -0.25) is 4.79 Å². The molecular weight excluding hydrogens is 330 g/mol. The lowest BCUT2D eigenvalue weighted by molar-refractivity contribution is 0.0999. The van der Waals surface area contributed by atoms with Gasteiger partial charge in [0.1, 0.15) is 5.75 Å². The van der Waals surface area contributed by atoms with E-state index in [1.165, 1.54) is 24.6 Å². The molecule has 0 unspecified atom stereocenters. The van der Waals surface area contributed by atoms with Gasteiger partial charge < -0.3 is 10.5 Å². The maximum absolute atomic E-state index is 11.6. The number of carbonyl (C=O) groups excluding carboxylic acids is 1. The zero-order valence-electron chi connectivity index (χ0n) is 15.5. The van der Waals surface area contributed by atoms with Crippen molar-refractivity contribution in [3.05, 3.63) is 59.5 Å². The van der Waals surface area contributed by atoms with Gasteiger partial charge in [0.2, 0.25) is 5.91 Å². The number of thioether (sulfide) groups is 1. The molecule has 0 aromatic heterocycles. The molecular formula is C21H29NO2S. The van der Waals surface area contributed by atoms with Gasteiger partial charge in [-0.2, -0.15) is 0 Å². The first kappa shape index (κ1) is 21.1. The summed E-state index contributed by atoms with van der Waals surface area (Å²) in [5, 5.41) is 0. The number of primary amides is 1. The van der Waals surface area contributed by atoms with Gasteiger partial charge in [0, 0.05) is 10.5 Å². The summed E-state index contributed by atoms with van der Waals surface area (Å²) < 4.78 is 5.91. The van der Waals surface area contributed by atoms with E-state index in [0.29, 0.717) is 23.8 Å². The summed E-state index contributed by atoms with van der Waals surface area (Å²) in [5.74, 6) is 0.652. The van der Waals surface area contributed by atoms with Crippen molar-refractivity contribution in [2.45, 2.75) is 40.0 Å². The van der Waals surface area contributed by atoms with Gasteiger partial charge >= 0.3 is 0 Å². The van der Waals surface area contributed by atoms with Crippen LogP contribution < -0.4 is 10.5 Å². The first-order valence-corrected chi connectivity index (χ1v) is 9.43. The third-order valence-corrected chi connectivity index (χ3v) is 4.67. The molecule has 25 heavy (non-hydrogen) atoms. The zero-order valence-corrected chi connectivity index (χ0v) is 16.3. The Bertz CT molecular complexity index is 649. The SMILES string of the molecule is C=C/C=C(/C)SC(=C)c1cc(OC[C@H](C)CCCC)cc(C(N)=O)c1. The number of rotatable bonds is 11. The first-order valence-electron chi connectivity index (χ1n) is 8.61. The van der Waals surface area contributed by atoms with E-state index in [-0.39, 0.29) is 0 Å². The summed E-state index contributed by atoms with van der Waals surface area (Å²) in [6, 6.07) is 5.37. The van der Waals surface area contributed by atoms with Gasteiger partial charge in [0.25, 0.3) is 0 Å². The topological polar surface area (TPSA) is 52.3 Å². The van der Waals surface area contributed by atoms with Crippen molar-refractivity contribution in [3.63, 3.8) is 0 Å². The molecule has 0 heterocycles. The monoisotopic (exact) mass is 359 g/mol. The lowest BCUT2D eigenvalue weighted by atomic mass is 10.1. The summed E-state index contributed by atoms with van der Waals surface area (Å²) in [6.45, 7) is 14.8. The Kier molecular flexibility index (Phi) is 9.14. The van der Waals surface area contributed by atoms with Crippen LogP contribution >= 0.6 is 11.8 Å². The predicted molar refractivity (Wildman–Crippen MR) is 110 cm³/mol. The van der Waals surface area contributed by atoms with Gasteiger partial charge in [0.05, 0.1) is 6.61 Å². The molecule has 4 heteroatoms. The molecule has 0 saturated heterocycles. The quantitative estimate of drug-likeness (QED) is 0.509. The van der Waals surface area contributed by atoms with Crippen molar-refractivity contribution >= 4 is 22.6 Å². The summed E-state index contributed by atoms with van der Waals surface area (Å²) in [7, 11) is 0. The first-order chi connectivity index (χ1) is 11.9. The van der Waals surface area contributed by atoms with E-state index >= 15 is 0 Å². The van der Waals surface area contributed by atoms with E-state index in [1.807, 2.05) is 19.1 Å². The Balaban J connectivity index is 2.93. The van der Waals surface area contributed by atoms with Crippen LogP contribution in [-0.2, 0) is 0 Å². The average Bonchev–Trinajstić information content (AvgIpc) is 2.57. The minimum absolute atomic E-state index is 0.431. The lowest BCUT2D eigenvalue weighted by Gasteiger charge is -2.15. The van der Waals surface area contributed by atoms with Crippen LogP contribution in [0.4, 0.5) is 0 Å². The van der Waals surface area contributed by atoms with Crippen LogP contribution in [0.25, 0.3) is 4.91 Å². The highest BCUT2D eigenvalue weighted by Gasteiger charge is 2.11. The third-order valence-electron chi connectivity index (χ3n) is 3.73. The van der Waals surface area contributed by atoms with Crippen LogP contribution in [0.3, 0.4) is 0 Å². The van der Waals surface area contributed by atoms with E-state index in [4.69, 9.17) is 10.5 Å². The summed E-state index contributed by atoms with van der Waals surface area (Å²) >= 11 is 1.53. The largest absolute Gasteiger partial charge is 0.493 e. The second kappa shape index (κ2) is 10.8. The normalized spacial score (nSPS) is 12.5. The number of unbranched alkanes of at least 4 members (excludes halogenated alkanes) is 1. The van der Waals surface area contributed by atoms with Crippen molar-refractivity contribution in [1.82, 2.24) is 0 Å². The highest BCUT2D eigenvalue weighted by molar-refractivity contribution is 8.11. The van der Waals surface area contributed by atoms with Gasteiger partial charge in [-0.05, 0) is 47.9 Å². The Morgan fingerprint density at radius 2 is 2.04 bits per heavy atom. The zero-order chi connectivity index (χ0) is 18.8. The number of amides is 1. The molecule has 1 atom stereocenters. The molecule has 0 radical (unpaired) electrons. The fourth-order valence-electron chi connectivity index (χ4n) is 2.31. The number of carbonyl (C=O) groups is 1. The molecule has 0 saturated carbocycles. The third kappa shape index (κ3) is 7.65. The Hall–Kier alpha value is -1.94. The fourth-order valence-corrected chi connectivity index (χ4v) is 3.10. The number of nitrogens with two attached hydrogens (primary N) is 1. The number of ether oxygens (including phenoxy) is 1. The molecule has 1 amide bonds. The Labute approximate surface area is 156 Å². The van der Waals surface area contributed by atoms with Crippen molar-refractivity contribution in [2.75, 3.05) is 6.61 Å². The minimum atomic E-state index is -0.470. The summed E-state index contributed by atoms with van der Waals surface area (Å²) in [6.07, 6.45) is 7.16. The van der Waals surface area contributed by atoms with Gasteiger partial charge in [-0.1, -0.05) is 63.8 Å². The molecule has 3 nitrogen and oxygen atoms in total. The summed E-state index contributed by atoms with van der Waals surface area (Å²) in [4.78, 5) is 13.5. The minimum Gasteiger partial charge on any atom is -0.493 e. The number of hydrogen-bond donors (Lipinski definition) is 1. The van der Waals surface area contributed by atoms with Crippen molar-refractivity contribution < 1.29 is 9.53 Å². The predicted octanol–water partition coefficient (Wildman–Crippen LogP) is 5.78. The lowest BCUT2D eigenvalue weighted by Crippen LogP contribution is -2.13. The van der Waals surface area contributed by atoms with E-state index in [9.17, 15) is 4.79 Å². The molecule has 136 valence electrons. The van der Waals surface area contributed by atoms with Crippen LogP contribution in [0.15, 0.2) is 48.4 Å². The van der Waals surface area contributed by atoms with E-state index in [0.717, 1.165) is 21.8 Å². The van der Waals surface area contributed by atoms with Crippen LogP contribution in [0, 0.1) is 5.92 Å². The van der Waals surface area contributed by atoms with Crippen molar-refractivity contribution in [2.24, 2.45) is 11.7 Å². The molecule has 2 N–H and O–H groups in total. The van der Waals surface area contributed by atoms with Crippen LogP contribution in [0.1, 0.15) is 56.0 Å². The van der Waals surface area contributed by atoms with Gasteiger partial charge in [-0.15, -0.1) is 0 Å². The summed E-state index contributed by atoms with van der Waals surface area (Å²) in [5.41, 5.74) is 6.74. The van der Waals surface area contributed by atoms with Gasteiger partial charge in [0.15, 0.2) is 0 Å². The van der Waals surface area contributed by atoms with E-state index in [2.05, 4.69) is 27.0 Å². The second-order valence-corrected chi connectivity index (χ2v) is 7.55. The number of hydrogen-bond acceptors (Lipinski definition) is 3. The van der Waals surface area contributed by atoms with E-state index in [1.54, 1.807) is 18.2 Å². The molecule has 0 aliphatic rings. The highest BCUT2D eigenvalue weighted by Crippen LogP contribution is 2.34. The maximum Gasteiger partial charge on any atom is 0.248 e. The van der Waals surface area contributed by atoms with Crippen molar-refractivity contribution in [3.8, 4) is 5.75 Å². The average molecular weight is 360 g/mol. The maximum atomic E-state index is 11.6. The Morgan fingerprint density at radius 3 is 2.64 bits per heavy atom. The second-order valence-electron chi connectivity index (χ2n) is 6.21. The molecule has 1 aromatic carbocycles. The molecule has 1 aromatic rings. The number of benzene rings is 1. The van der Waals surface area contributed by atoms with Crippen LogP contribution in [-0.4, -0.2) is 12.5 Å². The van der Waals surface area contributed by atoms with Gasteiger partial charge in [-0.25, -0.2) is 0 Å². The fraction of sp³-hybridized carbons (Fsp3) is 0.381. The molecule has 0 bridgehead atoms. The van der Waals surface area contributed by atoms with Crippen LogP contribution in [0.2, 0.25) is 0 Å². The smallest absolute Gasteiger partial charge is 0.248 e. The standard InChI is InChI=1S/C21H29NO2S/c1-6-8-10-15(3)14-24-20-12-18(11-19(13-20)21(22)23)17(5)25-16(4)9-7-2/h7,9,11-13,15H,2,5-6,8,10,14H2,1,3-4H3,(H2,22,23)/b16-9-/t15-/m1/s1. The van der Waals surface area contributed by atoms with Crippen LogP contribution in [0.5, 0.6) is 5.75 Å². The molecule has 0 fully saturated rings. The molecule has 0 aliphatic carbocycles. The van der Waals surface area contributed by atoms with E-state index < -0.39 is 5.91 Å². The molecule has 0 aliphatic heterocycles.